The highest BCUT2D eigenvalue weighted by Crippen LogP contribution is 2.39. The van der Waals surface area contributed by atoms with Crippen molar-refractivity contribution in [2.75, 3.05) is 11.9 Å². The molecule has 116 valence electrons. The van der Waals surface area contributed by atoms with Gasteiger partial charge in [-0.3, -0.25) is 4.79 Å². The number of aryl methyl sites for hydroxylation is 1. The van der Waals surface area contributed by atoms with Gasteiger partial charge >= 0.3 is 0 Å². The average Bonchev–Trinajstić information content (AvgIpc) is 2.99. The summed E-state index contributed by atoms with van der Waals surface area (Å²) >= 11 is 0. The Morgan fingerprint density at radius 1 is 1.22 bits per heavy atom. The Morgan fingerprint density at radius 2 is 2.00 bits per heavy atom. The van der Waals surface area contributed by atoms with Crippen LogP contribution in [0.4, 0.5) is 10.1 Å². The van der Waals surface area contributed by atoms with Crippen LogP contribution in [-0.4, -0.2) is 13.0 Å². The predicted molar refractivity (Wildman–Crippen MR) is 87.2 cm³/mol. The van der Waals surface area contributed by atoms with E-state index in [4.69, 9.17) is 4.42 Å². The van der Waals surface area contributed by atoms with Gasteiger partial charge in [-0.15, -0.1) is 0 Å². The van der Waals surface area contributed by atoms with Gasteiger partial charge in [-0.25, -0.2) is 4.39 Å². The van der Waals surface area contributed by atoms with Crippen LogP contribution in [0.2, 0.25) is 0 Å². The molecule has 23 heavy (non-hydrogen) atoms. The highest BCUT2D eigenvalue weighted by molar-refractivity contribution is 6.04. The van der Waals surface area contributed by atoms with E-state index in [1.807, 2.05) is 31.2 Å². The largest absolute Gasteiger partial charge is 0.461 e. The smallest absolute Gasteiger partial charge is 0.234 e. The van der Waals surface area contributed by atoms with Gasteiger partial charge in [-0.2, -0.15) is 0 Å². The first kappa shape index (κ1) is 14.0. The van der Waals surface area contributed by atoms with Crippen LogP contribution in [0.15, 0.2) is 46.9 Å². The van der Waals surface area contributed by atoms with Crippen LogP contribution in [0, 0.1) is 12.7 Å². The maximum atomic E-state index is 13.4. The van der Waals surface area contributed by atoms with Crippen LogP contribution < -0.4 is 4.90 Å². The van der Waals surface area contributed by atoms with Gasteiger partial charge in [0.1, 0.15) is 17.2 Å². The van der Waals surface area contributed by atoms with Gasteiger partial charge in [0.2, 0.25) is 5.91 Å². The fraction of sp³-hybridized carbons (Fsp3) is 0.211. The molecular weight excluding hydrogens is 293 g/mol. The number of anilines is 1. The Morgan fingerprint density at radius 3 is 2.83 bits per heavy atom. The fourth-order valence-corrected chi connectivity index (χ4v) is 3.39. The molecule has 2 heterocycles. The third-order valence-corrected chi connectivity index (χ3v) is 4.69. The van der Waals surface area contributed by atoms with Crippen LogP contribution >= 0.6 is 0 Å². The molecule has 3 aromatic rings. The Hall–Kier alpha value is -2.62. The normalized spacial score (nSPS) is 17.1. The summed E-state index contributed by atoms with van der Waals surface area (Å²) in [5.74, 6) is 0.279. The second-order valence-electron chi connectivity index (χ2n) is 6.00. The predicted octanol–water partition coefficient (Wildman–Crippen LogP) is 4.18. The molecular formula is C19H16FNO2. The molecule has 1 aromatic heterocycles. The van der Waals surface area contributed by atoms with Crippen molar-refractivity contribution in [3.63, 3.8) is 0 Å². The Labute approximate surface area is 133 Å². The minimum Gasteiger partial charge on any atom is -0.461 e. The van der Waals surface area contributed by atoms with Crippen LogP contribution in [-0.2, 0) is 11.2 Å². The lowest BCUT2D eigenvalue weighted by Gasteiger charge is -2.10. The minimum atomic E-state index is -0.282. The number of fused-ring (bicyclic) bond motifs is 2. The van der Waals surface area contributed by atoms with E-state index in [1.165, 1.54) is 12.1 Å². The molecule has 0 saturated heterocycles. The van der Waals surface area contributed by atoms with E-state index in [9.17, 15) is 9.18 Å². The third-order valence-electron chi connectivity index (χ3n) is 4.69. The molecule has 0 N–H and O–H groups in total. The molecule has 1 aliphatic rings. The van der Waals surface area contributed by atoms with Crippen molar-refractivity contribution in [1.82, 2.24) is 0 Å². The SMILES string of the molecule is Cc1c(CC2C(=O)N(C)c3ccccc32)oc2ccc(F)cc12. The molecule has 4 rings (SSSR count). The highest BCUT2D eigenvalue weighted by Gasteiger charge is 2.35. The quantitative estimate of drug-likeness (QED) is 0.711. The second kappa shape index (κ2) is 4.95. The first-order valence-corrected chi connectivity index (χ1v) is 7.60. The van der Waals surface area contributed by atoms with E-state index in [2.05, 4.69) is 0 Å². The number of rotatable bonds is 2. The van der Waals surface area contributed by atoms with E-state index in [-0.39, 0.29) is 17.6 Å². The number of furan rings is 1. The van der Waals surface area contributed by atoms with Gasteiger partial charge in [0.25, 0.3) is 0 Å². The number of halogens is 1. The number of likely N-dealkylation sites (N-methyl/N-ethyl adjacent to an activating group) is 1. The van der Waals surface area contributed by atoms with Gasteiger partial charge in [0.15, 0.2) is 0 Å². The molecule has 1 atom stereocenters. The molecule has 3 nitrogen and oxygen atoms in total. The Balaban J connectivity index is 1.77. The number of benzene rings is 2. The lowest BCUT2D eigenvalue weighted by molar-refractivity contribution is -0.119. The lowest BCUT2D eigenvalue weighted by atomic mass is 9.94. The van der Waals surface area contributed by atoms with Crippen LogP contribution in [0.5, 0.6) is 0 Å². The molecule has 0 fully saturated rings. The molecule has 1 amide bonds. The van der Waals surface area contributed by atoms with Gasteiger partial charge < -0.3 is 9.32 Å². The van der Waals surface area contributed by atoms with Gasteiger partial charge in [0.05, 0.1) is 5.92 Å². The molecule has 4 heteroatoms. The van der Waals surface area contributed by atoms with Crippen molar-refractivity contribution in [2.24, 2.45) is 0 Å². The highest BCUT2D eigenvalue weighted by atomic mass is 19.1. The number of carbonyl (C=O) groups excluding carboxylic acids is 1. The minimum absolute atomic E-state index is 0.0669. The zero-order valence-corrected chi connectivity index (χ0v) is 13.0. The van der Waals surface area contributed by atoms with Crippen molar-refractivity contribution >= 4 is 22.6 Å². The number of hydrogen-bond acceptors (Lipinski definition) is 2. The second-order valence-corrected chi connectivity index (χ2v) is 6.00. The number of nitrogens with zero attached hydrogens (tertiary/aromatic N) is 1. The zero-order chi connectivity index (χ0) is 16.1. The Kier molecular flexibility index (Phi) is 3.01. The van der Waals surface area contributed by atoms with E-state index >= 15 is 0 Å². The van der Waals surface area contributed by atoms with Gasteiger partial charge in [-0.05, 0) is 42.3 Å². The summed E-state index contributed by atoms with van der Waals surface area (Å²) in [7, 11) is 1.79. The first-order chi connectivity index (χ1) is 11.1. The summed E-state index contributed by atoms with van der Waals surface area (Å²) in [4.78, 5) is 14.3. The molecule has 1 aliphatic heterocycles. The summed E-state index contributed by atoms with van der Waals surface area (Å²) < 4.78 is 19.3. The van der Waals surface area contributed by atoms with E-state index in [0.29, 0.717) is 12.0 Å². The van der Waals surface area contributed by atoms with Crippen molar-refractivity contribution < 1.29 is 13.6 Å². The molecule has 2 aromatic carbocycles. The van der Waals surface area contributed by atoms with E-state index < -0.39 is 0 Å². The standard InChI is InChI=1S/C19H16FNO2/c1-11-14-9-12(20)7-8-17(14)23-18(11)10-15-13-5-3-4-6-16(13)21(2)19(15)22/h3-9,15H,10H2,1-2H3. The summed E-state index contributed by atoms with van der Waals surface area (Å²) in [5, 5.41) is 0.770. The lowest BCUT2D eigenvalue weighted by Crippen LogP contribution is -2.24. The van der Waals surface area contributed by atoms with Crippen LogP contribution in [0.3, 0.4) is 0 Å². The van der Waals surface area contributed by atoms with Gasteiger partial charge in [-0.1, -0.05) is 18.2 Å². The maximum absolute atomic E-state index is 13.4. The molecule has 0 radical (unpaired) electrons. The molecule has 0 saturated carbocycles. The summed E-state index contributed by atoms with van der Waals surface area (Å²) in [6.45, 7) is 1.91. The third kappa shape index (κ3) is 2.05. The fourth-order valence-electron chi connectivity index (χ4n) is 3.39. The van der Waals surface area contributed by atoms with Crippen LogP contribution in [0.1, 0.15) is 22.8 Å². The molecule has 0 spiro atoms. The van der Waals surface area contributed by atoms with Crippen molar-refractivity contribution in [1.29, 1.82) is 0 Å². The number of para-hydroxylation sites is 1. The zero-order valence-electron chi connectivity index (χ0n) is 13.0. The summed E-state index contributed by atoms with van der Waals surface area (Å²) in [6.07, 6.45) is 0.488. The van der Waals surface area contributed by atoms with E-state index in [0.717, 1.165) is 28.0 Å². The number of carbonyl (C=O) groups is 1. The average molecular weight is 309 g/mol. The van der Waals surface area contributed by atoms with Gasteiger partial charge in [0, 0.05) is 24.5 Å². The molecule has 1 unspecified atom stereocenters. The number of amides is 1. The first-order valence-electron chi connectivity index (χ1n) is 7.60. The molecule has 0 bridgehead atoms. The van der Waals surface area contributed by atoms with Crippen molar-refractivity contribution in [3.05, 3.63) is 65.2 Å². The molecule has 0 aliphatic carbocycles. The number of hydrogen-bond donors (Lipinski definition) is 0. The van der Waals surface area contributed by atoms with Crippen molar-refractivity contribution in [2.45, 2.75) is 19.3 Å². The summed E-state index contributed by atoms with van der Waals surface area (Å²) in [5.41, 5.74) is 3.53. The Bertz CT molecular complexity index is 928. The topological polar surface area (TPSA) is 33.5 Å². The van der Waals surface area contributed by atoms with Crippen LogP contribution in [0.25, 0.3) is 11.0 Å². The monoisotopic (exact) mass is 309 g/mol. The maximum Gasteiger partial charge on any atom is 0.234 e. The van der Waals surface area contributed by atoms with Crippen molar-refractivity contribution in [3.8, 4) is 0 Å². The van der Waals surface area contributed by atoms with E-state index in [1.54, 1.807) is 18.0 Å². The summed E-state index contributed by atoms with van der Waals surface area (Å²) in [6, 6.07) is 12.3.